The van der Waals surface area contributed by atoms with Gasteiger partial charge in [-0.25, -0.2) is 4.39 Å². The molecule has 0 saturated heterocycles. The molecule has 0 spiro atoms. The lowest BCUT2D eigenvalue weighted by atomic mass is 10.1. The molecule has 0 atom stereocenters. The van der Waals surface area contributed by atoms with E-state index in [9.17, 15) is 17.6 Å². The van der Waals surface area contributed by atoms with Gasteiger partial charge in [-0.3, -0.25) is 0 Å². The zero-order valence-corrected chi connectivity index (χ0v) is 10.7. The molecule has 0 heterocycles. The third kappa shape index (κ3) is 4.38. The fourth-order valence-electron chi connectivity index (χ4n) is 1.76. The van der Waals surface area contributed by atoms with Gasteiger partial charge in [-0.1, -0.05) is 13.3 Å². The van der Waals surface area contributed by atoms with Gasteiger partial charge in [0.15, 0.2) is 0 Å². The van der Waals surface area contributed by atoms with Gasteiger partial charge >= 0.3 is 6.18 Å². The molecule has 0 amide bonds. The lowest BCUT2D eigenvalue weighted by Gasteiger charge is -2.24. The van der Waals surface area contributed by atoms with Crippen molar-refractivity contribution in [2.75, 3.05) is 24.6 Å². The molecule has 0 radical (unpaired) electrons. The van der Waals surface area contributed by atoms with E-state index in [4.69, 9.17) is 5.11 Å². The number of anilines is 1. The summed E-state index contributed by atoms with van der Waals surface area (Å²) in [5.41, 5.74) is -0.913. The molecule has 2 nitrogen and oxygen atoms in total. The molecule has 1 aromatic rings. The Labute approximate surface area is 109 Å². The van der Waals surface area contributed by atoms with E-state index in [-0.39, 0.29) is 18.8 Å². The Hall–Kier alpha value is -1.30. The summed E-state index contributed by atoms with van der Waals surface area (Å²) in [4.78, 5) is 1.55. The van der Waals surface area contributed by atoms with E-state index in [0.29, 0.717) is 12.6 Å². The number of rotatable bonds is 6. The minimum absolute atomic E-state index is 0.0931. The van der Waals surface area contributed by atoms with Crippen molar-refractivity contribution in [2.45, 2.75) is 25.9 Å². The van der Waals surface area contributed by atoms with Crippen molar-refractivity contribution in [1.29, 1.82) is 0 Å². The van der Waals surface area contributed by atoms with Gasteiger partial charge in [0.25, 0.3) is 0 Å². The standard InChI is InChI=1S/C13H17F4NO/c1-2-3-6-18(7-8-19)12-5-4-10(9-11(12)14)13(15,16)17/h4-5,9,19H,2-3,6-8H2,1H3. The molecule has 0 aliphatic rings. The Morgan fingerprint density at radius 2 is 1.89 bits per heavy atom. The van der Waals surface area contributed by atoms with Crippen molar-refractivity contribution in [2.24, 2.45) is 0 Å². The van der Waals surface area contributed by atoms with Gasteiger partial charge < -0.3 is 10.0 Å². The van der Waals surface area contributed by atoms with Crippen LogP contribution in [0.1, 0.15) is 25.3 Å². The maximum absolute atomic E-state index is 13.8. The van der Waals surface area contributed by atoms with Gasteiger partial charge in [0, 0.05) is 13.1 Å². The summed E-state index contributed by atoms with van der Waals surface area (Å²) in [6.45, 7) is 2.48. The highest BCUT2D eigenvalue weighted by molar-refractivity contribution is 5.49. The third-order valence-electron chi connectivity index (χ3n) is 2.77. The number of alkyl halides is 3. The molecule has 108 valence electrons. The number of aliphatic hydroxyl groups excluding tert-OH is 1. The van der Waals surface area contributed by atoms with Crippen LogP contribution in [0.15, 0.2) is 18.2 Å². The molecule has 0 bridgehead atoms. The smallest absolute Gasteiger partial charge is 0.395 e. The van der Waals surface area contributed by atoms with E-state index in [0.717, 1.165) is 25.0 Å². The van der Waals surface area contributed by atoms with Gasteiger partial charge in [0.1, 0.15) is 5.82 Å². The fourth-order valence-corrected chi connectivity index (χ4v) is 1.76. The average molecular weight is 279 g/mol. The van der Waals surface area contributed by atoms with Crippen molar-refractivity contribution in [1.82, 2.24) is 0 Å². The Morgan fingerprint density at radius 1 is 1.21 bits per heavy atom. The molecule has 0 saturated carbocycles. The summed E-state index contributed by atoms with van der Waals surface area (Å²) in [6.07, 6.45) is -2.89. The van der Waals surface area contributed by atoms with Crippen molar-refractivity contribution in [3.05, 3.63) is 29.6 Å². The first kappa shape index (κ1) is 15.8. The molecule has 0 unspecified atom stereocenters. The summed E-state index contributed by atoms with van der Waals surface area (Å²) in [5.74, 6) is -0.917. The van der Waals surface area contributed by atoms with Crippen LogP contribution in [0.3, 0.4) is 0 Å². The number of hydrogen-bond acceptors (Lipinski definition) is 2. The van der Waals surface area contributed by atoms with E-state index in [2.05, 4.69) is 0 Å². The van der Waals surface area contributed by atoms with Crippen LogP contribution in [0.5, 0.6) is 0 Å². The third-order valence-corrected chi connectivity index (χ3v) is 2.77. The Bertz CT molecular complexity index is 406. The first-order chi connectivity index (χ1) is 8.90. The molecule has 1 aromatic carbocycles. The summed E-state index contributed by atoms with van der Waals surface area (Å²) in [7, 11) is 0. The number of unbranched alkanes of at least 4 members (excludes halogenated alkanes) is 1. The van der Waals surface area contributed by atoms with Gasteiger partial charge in [-0.05, 0) is 24.6 Å². The van der Waals surface area contributed by atoms with Crippen molar-refractivity contribution >= 4 is 5.69 Å². The Morgan fingerprint density at radius 3 is 2.37 bits per heavy atom. The first-order valence-corrected chi connectivity index (χ1v) is 6.12. The van der Waals surface area contributed by atoms with E-state index in [1.54, 1.807) is 4.90 Å². The molecule has 0 aliphatic heterocycles. The van der Waals surface area contributed by atoms with Crippen molar-refractivity contribution in [3.63, 3.8) is 0 Å². The Kier molecular flexibility index (Phi) is 5.60. The number of aliphatic hydroxyl groups is 1. The highest BCUT2D eigenvalue weighted by atomic mass is 19.4. The van der Waals surface area contributed by atoms with Crippen LogP contribution in [0.4, 0.5) is 23.2 Å². The molecule has 1 N–H and O–H groups in total. The van der Waals surface area contributed by atoms with Crippen LogP contribution < -0.4 is 4.90 Å². The minimum Gasteiger partial charge on any atom is -0.395 e. The zero-order valence-electron chi connectivity index (χ0n) is 10.7. The highest BCUT2D eigenvalue weighted by Crippen LogP contribution is 2.32. The molecule has 0 aromatic heterocycles. The molecule has 0 aliphatic carbocycles. The Balaban J connectivity index is 2.97. The van der Waals surface area contributed by atoms with Gasteiger partial charge in [-0.2, -0.15) is 13.2 Å². The van der Waals surface area contributed by atoms with Crippen LogP contribution in [-0.2, 0) is 6.18 Å². The number of hydrogen-bond donors (Lipinski definition) is 1. The largest absolute Gasteiger partial charge is 0.416 e. The van der Waals surface area contributed by atoms with Crippen LogP contribution in [0.25, 0.3) is 0 Å². The summed E-state index contributed by atoms with van der Waals surface area (Å²) in [6, 6.07) is 2.46. The molecule has 19 heavy (non-hydrogen) atoms. The quantitative estimate of drug-likeness (QED) is 0.806. The predicted molar refractivity (Wildman–Crippen MR) is 65.6 cm³/mol. The second-order valence-corrected chi connectivity index (χ2v) is 4.23. The second kappa shape index (κ2) is 6.75. The van der Waals surface area contributed by atoms with Crippen molar-refractivity contribution in [3.8, 4) is 0 Å². The monoisotopic (exact) mass is 279 g/mol. The van der Waals surface area contributed by atoms with E-state index < -0.39 is 17.6 Å². The lowest BCUT2D eigenvalue weighted by Crippen LogP contribution is -2.28. The van der Waals surface area contributed by atoms with Crippen LogP contribution >= 0.6 is 0 Å². The molecule has 6 heteroatoms. The van der Waals surface area contributed by atoms with E-state index >= 15 is 0 Å². The summed E-state index contributed by atoms with van der Waals surface area (Å²) in [5, 5.41) is 8.93. The normalized spacial score (nSPS) is 11.7. The van der Waals surface area contributed by atoms with Crippen molar-refractivity contribution < 1.29 is 22.7 Å². The summed E-state index contributed by atoms with van der Waals surface area (Å²) < 4.78 is 51.1. The fraction of sp³-hybridized carbons (Fsp3) is 0.538. The first-order valence-electron chi connectivity index (χ1n) is 6.12. The number of halogens is 4. The predicted octanol–water partition coefficient (Wildman–Crippen LogP) is 3.44. The molecular formula is C13H17F4NO. The van der Waals surface area contributed by atoms with Crippen LogP contribution in [0.2, 0.25) is 0 Å². The molecule has 1 rings (SSSR count). The lowest BCUT2D eigenvalue weighted by molar-refractivity contribution is -0.137. The van der Waals surface area contributed by atoms with Crippen LogP contribution in [-0.4, -0.2) is 24.8 Å². The van der Waals surface area contributed by atoms with Gasteiger partial charge in [0.05, 0.1) is 17.9 Å². The maximum Gasteiger partial charge on any atom is 0.416 e. The SMILES string of the molecule is CCCCN(CCO)c1ccc(C(F)(F)F)cc1F. The molecule has 0 fully saturated rings. The number of benzene rings is 1. The van der Waals surface area contributed by atoms with E-state index in [1.807, 2.05) is 6.92 Å². The highest BCUT2D eigenvalue weighted by Gasteiger charge is 2.31. The average Bonchev–Trinajstić information content (AvgIpc) is 2.33. The topological polar surface area (TPSA) is 23.5 Å². The zero-order chi connectivity index (χ0) is 14.5. The minimum atomic E-state index is -4.55. The van der Waals surface area contributed by atoms with Gasteiger partial charge in [0.2, 0.25) is 0 Å². The second-order valence-electron chi connectivity index (χ2n) is 4.23. The number of nitrogens with zero attached hydrogens (tertiary/aromatic N) is 1. The molecular weight excluding hydrogens is 262 g/mol. The van der Waals surface area contributed by atoms with E-state index in [1.165, 1.54) is 0 Å². The maximum atomic E-state index is 13.8. The van der Waals surface area contributed by atoms with Crippen LogP contribution in [0, 0.1) is 5.82 Å². The summed E-state index contributed by atoms with van der Waals surface area (Å²) >= 11 is 0. The van der Waals surface area contributed by atoms with Gasteiger partial charge in [-0.15, -0.1) is 0 Å².